The number of hydrogen-bond acceptors (Lipinski definition) is 7. The molecule has 4 rings (SSSR count). The molecule has 9 nitrogen and oxygen atoms in total. The Morgan fingerprint density at radius 1 is 1.19 bits per heavy atom. The summed E-state index contributed by atoms with van der Waals surface area (Å²) in [5, 5.41) is 20.1. The summed E-state index contributed by atoms with van der Waals surface area (Å²) in [6.45, 7) is -0.179. The van der Waals surface area contributed by atoms with E-state index in [1.54, 1.807) is 42.5 Å². The molecule has 4 aromatic rings. The van der Waals surface area contributed by atoms with Crippen molar-refractivity contribution in [3.05, 3.63) is 58.7 Å². The minimum Gasteiger partial charge on any atom is -0.438 e. The first-order valence-electron chi connectivity index (χ1n) is 8.27. The molecule has 0 fully saturated rings. The molecule has 0 radical (unpaired) electrons. The Morgan fingerprint density at radius 2 is 2.04 bits per heavy atom. The second-order valence-electron chi connectivity index (χ2n) is 5.88. The summed E-state index contributed by atoms with van der Waals surface area (Å²) in [6, 6.07) is 11.9. The van der Waals surface area contributed by atoms with Gasteiger partial charge in [-0.1, -0.05) is 17.3 Å². The molecule has 27 heavy (non-hydrogen) atoms. The Kier molecular flexibility index (Phi) is 4.35. The zero-order valence-electron chi connectivity index (χ0n) is 14.1. The summed E-state index contributed by atoms with van der Waals surface area (Å²) < 4.78 is 6.48. The van der Waals surface area contributed by atoms with E-state index >= 15 is 0 Å². The highest BCUT2D eigenvalue weighted by molar-refractivity contribution is 5.92. The summed E-state index contributed by atoms with van der Waals surface area (Å²) in [4.78, 5) is 28.7. The smallest absolute Gasteiger partial charge is 0.277 e. The lowest BCUT2D eigenvalue weighted by Crippen LogP contribution is -2.26. The van der Waals surface area contributed by atoms with Crippen molar-refractivity contribution < 1.29 is 14.3 Å². The lowest BCUT2D eigenvalue weighted by molar-refractivity contribution is -0.116. The molecule has 0 aliphatic heterocycles. The Labute approximate surface area is 152 Å². The number of amides is 1. The number of anilines is 1. The van der Waals surface area contributed by atoms with Crippen LogP contribution in [0.5, 0.6) is 0 Å². The van der Waals surface area contributed by atoms with Gasteiger partial charge in [0, 0.05) is 12.1 Å². The van der Waals surface area contributed by atoms with Gasteiger partial charge < -0.3 is 14.8 Å². The van der Waals surface area contributed by atoms with Gasteiger partial charge in [0.2, 0.25) is 11.8 Å². The lowest BCUT2D eigenvalue weighted by Gasteiger charge is -2.06. The minimum absolute atomic E-state index is 0.0612. The monoisotopic (exact) mass is 365 g/mol. The van der Waals surface area contributed by atoms with Crippen LogP contribution < -0.4 is 10.9 Å². The number of aliphatic hydroxyl groups is 1. The standard InChI is InChI=1S/C18H15N5O4/c24-10-17-20-14-9-11(5-6-15(14)27-17)19-16(25)7-8-23-18(26)12-3-1-2-4-13(12)21-22-23/h1-6,9,24H,7-8,10H2,(H,19,25). The van der Waals surface area contributed by atoms with Crippen LogP contribution in [0.3, 0.4) is 0 Å². The van der Waals surface area contributed by atoms with Crippen LogP contribution >= 0.6 is 0 Å². The average Bonchev–Trinajstić information content (AvgIpc) is 3.10. The number of carbonyl (C=O) groups is 1. The molecule has 1 amide bonds. The Balaban J connectivity index is 1.45. The highest BCUT2D eigenvalue weighted by Gasteiger charge is 2.10. The molecule has 2 aromatic carbocycles. The third kappa shape index (κ3) is 3.40. The number of aryl methyl sites for hydroxylation is 1. The molecular formula is C18H15N5O4. The van der Waals surface area contributed by atoms with Crippen molar-refractivity contribution in [1.29, 1.82) is 0 Å². The first kappa shape index (κ1) is 16.9. The van der Waals surface area contributed by atoms with E-state index in [4.69, 9.17) is 9.52 Å². The van der Waals surface area contributed by atoms with Crippen molar-refractivity contribution in [1.82, 2.24) is 20.0 Å². The van der Waals surface area contributed by atoms with Crippen LogP contribution in [0, 0.1) is 0 Å². The van der Waals surface area contributed by atoms with Gasteiger partial charge in [0.05, 0.1) is 11.9 Å². The number of aromatic nitrogens is 4. The number of rotatable bonds is 5. The second-order valence-corrected chi connectivity index (χ2v) is 5.88. The molecule has 2 heterocycles. The maximum Gasteiger partial charge on any atom is 0.277 e. The number of carbonyl (C=O) groups excluding carboxylic acids is 1. The second kappa shape index (κ2) is 6.96. The third-order valence-electron chi connectivity index (χ3n) is 4.03. The number of fused-ring (bicyclic) bond motifs is 2. The van der Waals surface area contributed by atoms with E-state index in [2.05, 4.69) is 20.6 Å². The van der Waals surface area contributed by atoms with Crippen molar-refractivity contribution in [2.45, 2.75) is 19.6 Å². The number of hydrogen-bond donors (Lipinski definition) is 2. The van der Waals surface area contributed by atoms with Gasteiger partial charge in [-0.25, -0.2) is 9.67 Å². The SMILES string of the molecule is O=C(CCn1nnc2ccccc2c1=O)Nc1ccc2oc(CO)nc2c1. The van der Waals surface area contributed by atoms with Gasteiger partial charge in [-0.3, -0.25) is 9.59 Å². The number of oxazole rings is 1. The maximum atomic E-state index is 12.4. The molecule has 0 aliphatic carbocycles. The number of nitrogens with zero attached hydrogens (tertiary/aromatic N) is 4. The summed E-state index contributed by atoms with van der Waals surface area (Å²) in [5.74, 6) is -0.0650. The number of aliphatic hydroxyl groups excluding tert-OH is 1. The fraction of sp³-hybridized carbons (Fsp3) is 0.167. The van der Waals surface area contributed by atoms with Crippen molar-refractivity contribution >= 4 is 33.6 Å². The average molecular weight is 365 g/mol. The topological polar surface area (TPSA) is 123 Å². The minimum atomic E-state index is -0.294. The molecule has 0 unspecified atom stereocenters. The molecule has 0 atom stereocenters. The Bertz CT molecular complexity index is 1200. The zero-order chi connectivity index (χ0) is 18.8. The number of nitrogens with one attached hydrogen (secondary N) is 1. The van der Waals surface area contributed by atoms with Crippen molar-refractivity contribution in [2.75, 3.05) is 5.32 Å². The van der Waals surface area contributed by atoms with Crippen molar-refractivity contribution in [3.8, 4) is 0 Å². The molecule has 0 saturated heterocycles. The van der Waals surface area contributed by atoms with Crippen LogP contribution in [-0.4, -0.2) is 31.0 Å². The highest BCUT2D eigenvalue weighted by Crippen LogP contribution is 2.20. The zero-order valence-corrected chi connectivity index (χ0v) is 14.1. The molecular weight excluding hydrogens is 350 g/mol. The van der Waals surface area contributed by atoms with Gasteiger partial charge in [0.1, 0.15) is 17.6 Å². The normalized spacial score (nSPS) is 11.1. The van der Waals surface area contributed by atoms with Gasteiger partial charge in [-0.05, 0) is 30.3 Å². The first-order valence-corrected chi connectivity index (χ1v) is 8.27. The van der Waals surface area contributed by atoms with E-state index in [1.165, 1.54) is 4.68 Å². The Morgan fingerprint density at radius 3 is 2.89 bits per heavy atom. The van der Waals surface area contributed by atoms with E-state index in [0.29, 0.717) is 27.7 Å². The predicted octanol–water partition coefficient (Wildman–Crippen LogP) is 1.45. The van der Waals surface area contributed by atoms with Crippen LogP contribution in [0.4, 0.5) is 5.69 Å². The molecule has 0 aliphatic rings. The summed E-state index contributed by atoms with van der Waals surface area (Å²) in [7, 11) is 0. The van der Waals surface area contributed by atoms with Crippen molar-refractivity contribution in [2.24, 2.45) is 0 Å². The van der Waals surface area contributed by atoms with Gasteiger partial charge in [-0.2, -0.15) is 0 Å². The van der Waals surface area contributed by atoms with Crippen LogP contribution in [0.2, 0.25) is 0 Å². The number of benzene rings is 2. The molecule has 2 aromatic heterocycles. The molecule has 0 spiro atoms. The fourth-order valence-electron chi connectivity index (χ4n) is 2.72. The summed E-state index contributed by atoms with van der Waals surface area (Å²) in [6.07, 6.45) is 0.0612. The van der Waals surface area contributed by atoms with Crippen LogP contribution in [0.25, 0.3) is 22.0 Å². The van der Waals surface area contributed by atoms with Crippen LogP contribution in [-0.2, 0) is 17.9 Å². The molecule has 136 valence electrons. The fourth-order valence-corrected chi connectivity index (χ4v) is 2.72. The van der Waals surface area contributed by atoms with Gasteiger partial charge >= 0.3 is 0 Å². The highest BCUT2D eigenvalue weighted by atomic mass is 16.4. The van der Waals surface area contributed by atoms with Gasteiger partial charge in [-0.15, -0.1) is 5.10 Å². The van der Waals surface area contributed by atoms with E-state index in [-0.39, 0.29) is 36.9 Å². The van der Waals surface area contributed by atoms with E-state index in [0.717, 1.165) is 0 Å². The molecule has 2 N–H and O–H groups in total. The molecule has 0 bridgehead atoms. The summed E-state index contributed by atoms with van der Waals surface area (Å²) >= 11 is 0. The van der Waals surface area contributed by atoms with Gasteiger partial charge in [0.25, 0.3) is 5.56 Å². The largest absolute Gasteiger partial charge is 0.438 e. The maximum absolute atomic E-state index is 12.4. The molecule has 9 heteroatoms. The van der Waals surface area contributed by atoms with E-state index < -0.39 is 0 Å². The van der Waals surface area contributed by atoms with Crippen LogP contribution in [0.15, 0.2) is 51.7 Å². The van der Waals surface area contributed by atoms with Crippen molar-refractivity contribution in [3.63, 3.8) is 0 Å². The van der Waals surface area contributed by atoms with E-state index in [1.807, 2.05) is 0 Å². The lowest BCUT2D eigenvalue weighted by atomic mass is 10.2. The Hall–Kier alpha value is -3.59. The summed E-state index contributed by atoms with van der Waals surface area (Å²) in [5.41, 5.74) is 1.84. The first-order chi connectivity index (χ1) is 13.1. The van der Waals surface area contributed by atoms with Gasteiger partial charge in [0.15, 0.2) is 5.58 Å². The molecule has 0 saturated carbocycles. The quantitative estimate of drug-likeness (QED) is 0.549. The van der Waals surface area contributed by atoms with E-state index in [9.17, 15) is 9.59 Å². The predicted molar refractivity (Wildman–Crippen MR) is 97.0 cm³/mol. The van der Waals surface area contributed by atoms with Crippen LogP contribution in [0.1, 0.15) is 12.3 Å². The third-order valence-corrected chi connectivity index (χ3v) is 4.03.